The van der Waals surface area contributed by atoms with Gasteiger partial charge in [0.25, 0.3) is 0 Å². The van der Waals surface area contributed by atoms with E-state index in [1.54, 1.807) is 0 Å². The molecule has 0 spiro atoms. The van der Waals surface area contributed by atoms with Crippen molar-refractivity contribution in [2.24, 2.45) is 16.2 Å². The van der Waals surface area contributed by atoms with Crippen LogP contribution in [0.5, 0.6) is 23.0 Å². The fourth-order valence-electron chi connectivity index (χ4n) is 8.97. The lowest BCUT2D eigenvalue weighted by atomic mass is 9.63. The van der Waals surface area contributed by atoms with E-state index in [4.69, 9.17) is 9.47 Å². The Kier molecular flexibility index (Phi) is 15.4. The Balaban J connectivity index is 2.10. The van der Waals surface area contributed by atoms with Crippen LogP contribution in [0.2, 0.25) is 0 Å². The quantitative estimate of drug-likeness (QED) is 0.0744. The molecule has 6 nitrogen and oxygen atoms in total. The Morgan fingerprint density at radius 3 is 0.866 bits per heavy atom. The molecule has 0 aliphatic rings. The molecule has 0 saturated carbocycles. The lowest BCUT2D eigenvalue weighted by Crippen LogP contribution is -2.48. The van der Waals surface area contributed by atoms with E-state index in [2.05, 4.69) is 69.2 Å². The zero-order valence-electron chi connectivity index (χ0n) is 45.8. The van der Waals surface area contributed by atoms with Gasteiger partial charge in [-0.05, 0) is 125 Å². The second kappa shape index (κ2) is 18.7. The zero-order valence-corrected chi connectivity index (χ0v) is 45.8. The van der Waals surface area contributed by atoms with Gasteiger partial charge < -0.3 is 19.7 Å². The number of ether oxygens (including phenoxy) is 2. The normalized spacial score (nSPS) is 13.7. The standard InChI is InChI=1S/C61H88O6/c1-23-57(15,16)59(19,20)41-25-29-43(30-26-41)66-51(64)61(37-39-33-45(53(3,4)5)49(62)46(34-39)54(6,7)8,38-40-35-47(55(9,10)11)50(63)48(36-40)56(12,13)14)52(65)67-44-31-27-42(28-32-44)60(21,22)58(17,18)24-2/h25-36,62-63H,23-24,37-38H2,1-22H3. The topological polar surface area (TPSA) is 93.1 Å². The van der Waals surface area contributed by atoms with Crippen LogP contribution < -0.4 is 9.47 Å². The van der Waals surface area contributed by atoms with E-state index in [0.29, 0.717) is 44.9 Å². The van der Waals surface area contributed by atoms with Gasteiger partial charge in [0.05, 0.1) is 0 Å². The van der Waals surface area contributed by atoms with Crippen LogP contribution in [-0.2, 0) is 54.9 Å². The molecule has 6 heteroatoms. The van der Waals surface area contributed by atoms with Crippen molar-refractivity contribution < 1.29 is 29.3 Å². The predicted molar refractivity (Wildman–Crippen MR) is 279 cm³/mol. The summed E-state index contributed by atoms with van der Waals surface area (Å²) >= 11 is 0. The monoisotopic (exact) mass is 917 g/mol. The van der Waals surface area contributed by atoms with Crippen molar-refractivity contribution in [1.29, 1.82) is 0 Å². The van der Waals surface area contributed by atoms with Crippen molar-refractivity contribution in [3.63, 3.8) is 0 Å². The van der Waals surface area contributed by atoms with E-state index in [1.807, 2.05) is 156 Å². The smallest absolute Gasteiger partial charge is 0.329 e. The maximum Gasteiger partial charge on any atom is 0.329 e. The van der Waals surface area contributed by atoms with E-state index in [-0.39, 0.29) is 46.0 Å². The van der Waals surface area contributed by atoms with Crippen molar-refractivity contribution in [3.05, 3.63) is 117 Å². The highest BCUT2D eigenvalue weighted by Gasteiger charge is 2.51. The highest BCUT2D eigenvalue weighted by molar-refractivity contribution is 6.02. The average molecular weight is 917 g/mol. The second-order valence-electron chi connectivity index (χ2n) is 26.1. The Bertz CT molecular complexity index is 2150. The fourth-order valence-corrected chi connectivity index (χ4v) is 8.97. The molecule has 0 fully saturated rings. The van der Waals surface area contributed by atoms with Crippen LogP contribution in [0.25, 0.3) is 0 Å². The number of rotatable bonds is 14. The second-order valence-corrected chi connectivity index (χ2v) is 26.1. The van der Waals surface area contributed by atoms with E-state index in [9.17, 15) is 10.2 Å². The lowest BCUT2D eigenvalue weighted by molar-refractivity contribution is -0.161. The maximum atomic E-state index is 15.7. The van der Waals surface area contributed by atoms with Crippen molar-refractivity contribution in [2.45, 2.75) is 210 Å². The number of aromatic hydroxyl groups is 2. The molecular weight excluding hydrogens is 829 g/mol. The highest BCUT2D eigenvalue weighted by Crippen LogP contribution is 2.48. The SMILES string of the molecule is CCC(C)(C)C(C)(C)c1ccc(OC(=O)C(Cc2cc(C(C)(C)C)c(O)c(C(C)(C)C)c2)(Cc2cc(C(C)(C)C)c(O)c(C(C)(C)C)c2)C(=O)Oc2ccc(C(C)(C)C(C)(C)CC)cc2)cc1. The van der Waals surface area contributed by atoms with Crippen LogP contribution in [0.3, 0.4) is 0 Å². The Morgan fingerprint density at radius 2 is 0.657 bits per heavy atom. The van der Waals surface area contributed by atoms with Crippen LogP contribution in [-0.4, -0.2) is 22.2 Å². The molecule has 0 atom stereocenters. The number of carbonyl (C=O) groups excluding carboxylic acids is 2. The molecule has 0 saturated heterocycles. The molecule has 0 heterocycles. The van der Waals surface area contributed by atoms with Gasteiger partial charge in [-0.15, -0.1) is 0 Å². The Labute approximate surface area is 406 Å². The number of hydrogen-bond donors (Lipinski definition) is 2. The van der Waals surface area contributed by atoms with Gasteiger partial charge in [0.2, 0.25) is 0 Å². The first-order chi connectivity index (χ1) is 30.3. The van der Waals surface area contributed by atoms with Gasteiger partial charge >= 0.3 is 11.9 Å². The van der Waals surface area contributed by atoms with Crippen molar-refractivity contribution in [1.82, 2.24) is 0 Å². The molecule has 67 heavy (non-hydrogen) atoms. The third kappa shape index (κ3) is 11.5. The van der Waals surface area contributed by atoms with Crippen molar-refractivity contribution >= 4 is 11.9 Å². The molecule has 0 unspecified atom stereocenters. The molecule has 2 N–H and O–H groups in total. The van der Waals surface area contributed by atoms with E-state index >= 15 is 9.59 Å². The summed E-state index contributed by atoms with van der Waals surface area (Å²) in [4.78, 5) is 31.5. The zero-order chi connectivity index (χ0) is 51.3. The molecular formula is C61H88O6. The number of hydrogen-bond acceptors (Lipinski definition) is 6. The Hall–Kier alpha value is -4.58. The molecule has 4 rings (SSSR count). The molecule has 0 amide bonds. The summed E-state index contributed by atoms with van der Waals surface area (Å²) in [5.74, 6) is -0.488. The first-order valence-electron chi connectivity index (χ1n) is 24.7. The summed E-state index contributed by atoms with van der Waals surface area (Å²) < 4.78 is 13.0. The van der Waals surface area contributed by atoms with Crippen LogP contribution in [0.1, 0.15) is 210 Å². The maximum absolute atomic E-state index is 15.7. The third-order valence-electron chi connectivity index (χ3n) is 16.1. The first kappa shape index (κ1) is 55.0. The van der Waals surface area contributed by atoms with Gasteiger partial charge in [0.15, 0.2) is 5.41 Å². The summed E-state index contributed by atoms with van der Waals surface area (Å²) in [6.45, 7) is 47.0. The van der Waals surface area contributed by atoms with Gasteiger partial charge in [-0.25, -0.2) is 0 Å². The number of phenolic OH excluding ortho intramolecular Hbond substituents is 2. The largest absolute Gasteiger partial charge is 0.507 e. The van der Waals surface area contributed by atoms with Crippen LogP contribution >= 0.6 is 0 Å². The van der Waals surface area contributed by atoms with Crippen LogP contribution in [0.15, 0.2) is 72.8 Å². The predicted octanol–water partition coefficient (Wildman–Crippen LogP) is 15.7. The lowest BCUT2D eigenvalue weighted by Gasteiger charge is -2.42. The summed E-state index contributed by atoms with van der Waals surface area (Å²) in [7, 11) is 0. The van der Waals surface area contributed by atoms with Crippen molar-refractivity contribution in [2.75, 3.05) is 0 Å². The molecule has 0 radical (unpaired) electrons. The summed E-state index contributed by atoms with van der Waals surface area (Å²) in [6, 6.07) is 23.0. The van der Waals surface area contributed by atoms with Gasteiger partial charge in [0, 0.05) is 0 Å². The molecule has 0 aliphatic heterocycles. The van der Waals surface area contributed by atoms with Crippen molar-refractivity contribution in [3.8, 4) is 23.0 Å². The highest BCUT2D eigenvalue weighted by atomic mass is 16.6. The fraction of sp³-hybridized carbons (Fsp3) is 0.574. The average Bonchev–Trinajstić information content (AvgIpc) is 3.20. The molecule has 0 aromatic heterocycles. The Morgan fingerprint density at radius 1 is 0.418 bits per heavy atom. The van der Waals surface area contributed by atoms with Gasteiger partial charge in [-0.1, -0.05) is 214 Å². The van der Waals surface area contributed by atoms with E-state index < -0.39 is 39.0 Å². The van der Waals surface area contributed by atoms with Gasteiger partial charge in [-0.3, -0.25) is 9.59 Å². The molecule has 0 aliphatic carbocycles. The van der Waals surface area contributed by atoms with E-state index in [1.165, 1.54) is 0 Å². The summed E-state index contributed by atoms with van der Waals surface area (Å²) in [5.41, 5.74) is 2.18. The molecule has 0 bridgehead atoms. The number of benzene rings is 4. The molecule has 4 aromatic carbocycles. The van der Waals surface area contributed by atoms with Crippen LogP contribution in [0, 0.1) is 16.2 Å². The first-order valence-corrected chi connectivity index (χ1v) is 24.7. The minimum atomic E-state index is -1.97. The minimum Gasteiger partial charge on any atom is -0.507 e. The summed E-state index contributed by atoms with van der Waals surface area (Å²) in [6.07, 6.45) is 1.77. The third-order valence-corrected chi connectivity index (χ3v) is 16.1. The number of phenols is 2. The van der Waals surface area contributed by atoms with Gasteiger partial charge in [0.1, 0.15) is 23.0 Å². The van der Waals surface area contributed by atoms with Crippen LogP contribution in [0.4, 0.5) is 0 Å². The molecule has 368 valence electrons. The van der Waals surface area contributed by atoms with Gasteiger partial charge in [-0.2, -0.15) is 0 Å². The molecule has 4 aromatic rings. The van der Waals surface area contributed by atoms with E-state index in [0.717, 1.165) is 24.0 Å². The summed E-state index contributed by atoms with van der Waals surface area (Å²) in [5, 5.41) is 23.7. The minimum absolute atomic E-state index is 0.00582. The number of esters is 2. The number of carbonyl (C=O) groups is 2.